The summed E-state index contributed by atoms with van der Waals surface area (Å²) < 4.78 is 62.1. The minimum atomic E-state index is -1.62. The highest BCUT2D eigenvalue weighted by molar-refractivity contribution is 5.78. The van der Waals surface area contributed by atoms with Crippen LogP contribution in [0.3, 0.4) is 0 Å². The first kappa shape index (κ1) is 15.6. The monoisotopic (exact) mass is 314 g/mol. The van der Waals surface area contributed by atoms with E-state index in [4.69, 9.17) is 0 Å². The number of halogens is 5. The lowest BCUT2D eigenvalue weighted by Gasteiger charge is -1.95. The van der Waals surface area contributed by atoms with Crippen LogP contribution >= 0.6 is 0 Å². The van der Waals surface area contributed by atoms with E-state index in [0.717, 1.165) is 12.1 Å². The fraction of sp³-hybridized carbons (Fsp3) is 0. The third kappa shape index (κ3) is 2.95. The van der Waals surface area contributed by atoms with Gasteiger partial charge in [0.25, 0.3) is 0 Å². The molecule has 0 fully saturated rings. The molecule has 22 heavy (non-hydrogen) atoms. The molecular formula is C14H7F5N2O. The third-order valence-corrected chi connectivity index (χ3v) is 2.70. The number of hydrogen-bond acceptors (Lipinski definition) is 2. The molecule has 0 radical (unpaired) electrons. The summed E-state index contributed by atoms with van der Waals surface area (Å²) in [5.41, 5.74) is -0.367. The Morgan fingerprint density at radius 1 is 0.864 bits per heavy atom. The van der Waals surface area contributed by atoms with Crippen LogP contribution in [0, 0.1) is 29.1 Å². The Kier molecular flexibility index (Phi) is 4.50. The van der Waals surface area contributed by atoms with Crippen molar-refractivity contribution in [1.29, 1.82) is 0 Å². The van der Waals surface area contributed by atoms with Gasteiger partial charge in [0.2, 0.25) is 0 Å². The van der Waals surface area contributed by atoms with E-state index >= 15 is 0 Å². The summed E-state index contributed by atoms with van der Waals surface area (Å²) in [5, 5.41) is 6.51. The van der Waals surface area contributed by atoms with Gasteiger partial charge in [-0.15, -0.1) is 0 Å². The van der Waals surface area contributed by atoms with Gasteiger partial charge in [-0.3, -0.25) is 9.89 Å². The zero-order chi connectivity index (χ0) is 16.3. The molecule has 0 saturated carbocycles. The Hall–Kier alpha value is -2.77. The van der Waals surface area contributed by atoms with Gasteiger partial charge in [-0.25, -0.2) is 22.0 Å². The van der Waals surface area contributed by atoms with Crippen molar-refractivity contribution in [3.8, 4) is 0 Å². The molecule has 0 amide bonds. The average Bonchev–Trinajstić information content (AvgIpc) is 2.99. The van der Waals surface area contributed by atoms with Crippen LogP contribution in [0.25, 0.3) is 10.9 Å². The van der Waals surface area contributed by atoms with Gasteiger partial charge in [0.1, 0.15) is 5.52 Å². The van der Waals surface area contributed by atoms with E-state index in [1.807, 2.05) is 0 Å². The molecule has 114 valence electrons. The quantitative estimate of drug-likeness (QED) is 0.422. The van der Waals surface area contributed by atoms with Gasteiger partial charge in [0.15, 0.2) is 35.4 Å². The van der Waals surface area contributed by atoms with Crippen molar-refractivity contribution in [2.24, 2.45) is 0 Å². The van der Waals surface area contributed by atoms with Crippen LogP contribution in [-0.2, 0) is 0 Å². The molecule has 0 bridgehead atoms. The lowest BCUT2D eigenvalue weighted by atomic mass is 10.2. The van der Waals surface area contributed by atoms with Crippen LogP contribution in [0.5, 0.6) is 0 Å². The van der Waals surface area contributed by atoms with Crippen molar-refractivity contribution in [2.45, 2.75) is 0 Å². The number of nitrogens with zero attached hydrogens (tertiary/aromatic N) is 1. The second kappa shape index (κ2) is 6.33. The summed E-state index contributed by atoms with van der Waals surface area (Å²) in [6.45, 7) is 0. The molecule has 8 heteroatoms. The molecule has 0 spiro atoms. The zero-order valence-electron chi connectivity index (χ0n) is 10.7. The molecule has 1 N–H and O–H groups in total. The molecule has 0 aliphatic heterocycles. The highest BCUT2D eigenvalue weighted by Crippen LogP contribution is 2.16. The molecule has 1 heterocycles. The van der Waals surface area contributed by atoms with Crippen molar-refractivity contribution in [3.05, 3.63) is 65.1 Å². The molecule has 1 aromatic heterocycles. The molecule has 3 nitrogen and oxygen atoms in total. The predicted octanol–water partition coefficient (Wildman–Crippen LogP) is 3.76. The van der Waals surface area contributed by atoms with Crippen LogP contribution in [-0.4, -0.2) is 16.5 Å². The van der Waals surface area contributed by atoms with Gasteiger partial charge in [-0.05, 0) is 24.3 Å². The molecule has 2 aromatic carbocycles. The van der Waals surface area contributed by atoms with Crippen LogP contribution in [0.4, 0.5) is 22.0 Å². The van der Waals surface area contributed by atoms with Gasteiger partial charge in [0.05, 0.1) is 11.8 Å². The van der Waals surface area contributed by atoms with E-state index in [1.54, 1.807) is 0 Å². The van der Waals surface area contributed by atoms with Crippen molar-refractivity contribution in [3.63, 3.8) is 0 Å². The van der Waals surface area contributed by atoms with Gasteiger partial charge >= 0.3 is 0 Å². The smallest absolute Gasteiger partial charge is 0.195 e. The largest absolute Gasteiger partial charge is 0.298 e. The Morgan fingerprint density at radius 3 is 2.18 bits per heavy atom. The summed E-state index contributed by atoms with van der Waals surface area (Å²) in [6.07, 6.45) is 1.57. The molecule has 3 rings (SSSR count). The van der Waals surface area contributed by atoms with E-state index in [0.29, 0.717) is 11.5 Å². The first-order valence-electron chi connectivity index (χ1n) is 5.81. The second-order valence-corrected chi connectivity index (χ2v) is 4.08. The number of benzene rings is 2. The van der Waals surface area contributed by atoms with Crippen molar-refractivity contribution in [2.75, 3.05) is 0 Å². The van der Waals surface area contributed by atoms with Gasteiger partial charge in [0, 0.05) is 5.39 Å². The number of fused-ring (bicyclic) bond motifs is 1. The molecule has 0 aliphatic carbocycles. The Labute approximate surface area is 120 Å². The van der Waals surface area contributed by atoms with E-state index in [-0.39, 0.29) is 11.8 Å². The summed E-state index contributed by atoms with van der Waals surface area (Å²) in [5.74, 6) is -6.09. The summed E-state index contributed by atoms with van der Waals surface area (Å²) in [7, 11) is 0. The molecule has 0 unspecified atom stereocenters. The standard InChI is InChI=1S/C7H3F3O.C7H4F2N2/c8-5-2-1-4(3-11)6(9)7(5)10;8-5-2-1-4-3-10-11-7(4)6(5)9/h1-3H;1-3H,(H,10,11). The molecular weight excluding hydrogens is 307 g/mol. The lowest BCUT2D eigenvalue weighted by molar-refractivity contribution is 0.111. The van der Waals surface area contributed by atoms with Crippen LogP contribution < -0.4 is 0 Å². The molecule has 0 aliphatic rings. The van der Waals surface area contributed by atoms with E-state index in [9.17, 15) is 26.7 Å². The topological polar surface area (TPSA) is 45.8 Å². The molecule has 3 aromatic rings. The fourth-order valence-electron chi connectivity index (χ4n) is 1.59. The maximum atomic E-state index is 12.8. The van der Waals surface area contributed by atoms with Gasteiger partial charge in [-0.1, -0.05) is 0 Å². The Morgan fingerprint density at radius 2 is 1.50 bits per heavy atom. The minimum Gasteiger partial charge on any atom is -0.298 e. The zero-order valence-corrected chi connectivity index (χ0v) is 10.7. The number of rotatable bonds is 1. The van der Waals surface area contributed by atoms with Crippen molar-refractivity contribution >= 4 is 17.2 Å². The number of aromatic nitrogens is 2. The summed E-state index contributed by atoms with van der Waals surface area (Å²) in [4.78, 5) is 9.96. The van der Waals surface area contributed by atoms with Crippen LogP contribution in [0.2, 0.25) is 0 Å². The lowest BCUT2D eigenvalue weighted by Crippen LogP contribution is -1.95. The fourth-order valence-corrected chi connectivity index (χ4v) is 1.59. The number of H-pyrrole nitrogens is 1. The molecule has 0 atom stereocenters. The number of hydrogen-bond donors (Lipinski definition) is 1. The van der Waals surface area contributed by atoms with Crippen LogP contribution in [0.1, 0.15) is 10.4 Å². The maximum absolute atomic E-state index is 12.8. The van der Waals surface area contributed by atoms with E-state index < -0.39 is 34.6 Å². The summed E-state index contributed by atoms with van der Waals surface area (Å²) in [6, 6.07) is 4.12. The van der Waals surface area contributed by atoms with Crippen molar-refractivity contribution < 1.29 is 26.7 Å². The highest BCUT2D eigenvalue weighted by Gasteiger charge is 2.11. The first-order valence-corrected chi connectivity index (χ1v) is 5.81. The van der Waals surface area contributed by atoms with E-state index in [1.165, 1.54) is 12.3 Å². The highest BCUT2D eigenvalue weighted by atomic mass is 19.2. The number of carbonyl (C=O) groups is 1. The number of aromatic amines is 1. The minimum absolute atomic E-state index is 0.116. The normalized spacial score (nSPS) is 10.2. The molecule has 0 saturated heterocycles. The van der Waals surface area contributed by atoms with Crippen LogP contribution in [0.15, 0.2) is 30.5 Å². The van der Waals surface area contributed by atoms with Gasteiger partial charge < -0.3 is 0 Å². The maximum Gasteiger partial charge on any atom is 0.195 e. The second-order valence-electron chi connectivity index (χ2n) is 4.08. The van der Waals surface area contributed by atoms with E-state index in [2.05, 4.69) is 10.2 Å². The number of nitrogens with one attached hydrogen (secondary N) is 1. The SMILES string of the molecule is Fc1ccc2cn[nH]c2c1F.O=Cc1ccc(F)c(F)c1F. The summed E-state index contributed by atoms with van der Waals surface area (Å²) >= 11 is 0. The number of aldehydes is 1. The average molecular weight is 314 g/mol. The Bertz CT molecular complexity index is 831. The van der Waals surface area contributed by atoms with Crippen molar-refractivity contribution in [1.82, 2.24) is 10.2 Å². The first-order chi connectivity index (χ1) is 10.5. The van der Waals surface area contributed by atoms with Gasteiger partial charge in [-0.2, -0.15) is 5.10 Å². The number of carbonyl (C=O) groups excluding carboxylic acids is 1. The predicted molar refractivity (Wildman–Crippen MR) is 67.7 cm³/mol. The third-order valence-electron chi connectivity index (χ3n) is 2.70. The Balaban J connectivity index is 0.000000160.